The molecule has 0 atom stereocenters. The number of nitrogens with one attached hydrogen (secondary N) is 2. The normalized spacial score (nSPS) is 13.5. The molecule has 28 heavy (non-hydrogen) atoms. The minimum atomic E-state index is -0.144. The number of guanidine groups is 1. The molecule has 6 nitrogen and oxygen atoms in total. The second-order valence-electron chi connectivity index (χ2n) is 7.69. The lowest BCUT2D eigenvalue weighted by molar-refractivity contribution is -0.0149. The van der Waals surface area contributed by atoms with Crippen LogP contribution >= 0.6 is 0 Å². The van der Waals surface area contributed by atoms with Gasteiger partial charge in [-0.3, -0.25) is 4.99 Å². The largest absolute Gasteiger partial charge is 0.454 e. The third-order valence-corrected chi connectivity index (χ3v) is 4.24. The van der Waals surface area contributed by atoms with E-state index in [1.165, 1.54) is 5.56 Å². The molecule has 0 saturated carbocycles. The van der Waals surface area contributed by atoms with Gasteiger partial charge < -0.3 is 24.8 Å². The third kappa shape index (κ3) is 5.89. The molecule has 1 aliphatic rings. The molecular formula is C22H29N3O3. The van der Waals surface area contributed by atoms with Crippen LogP contribution in [0.3, 0.4) is 0 Å². The number of benzene rings is 2. The van der Waals surface area contributed by atoms with Gasteiger partial charge >= 0.3 is 0 Å². The van der Waals surface area contributed by atoms with Crippen LogP contribution in [0.4, 0.5) is 0 Å². The molecule has 2 aromatic carbocycles. The summed E-state index contributed by atoms with van der Waals surface area (Å²) < 4.78 is 16.6. The van der Waals surface area contributed by atoms with Crippen molar-refractivity contribution < 1.29 is 14.2 Å². The van der Waals surface area contributed by atoms with Gasteiger partial charge in [-0.1, -0.05) is 30.3 Å². The number of rotatable bonds is 6. The van der Waals surface area contributed by atoms with E-state index < -0.39 is 0 Å². The molecule has 0 bridgehead atoms. The van der Waals surface area contributed by atoms with E-state index in [4.69, 9.17) is 14.2 Å². The van der Waals surface area contributed by atoms with E-state index in [9.17, 15) is 0 Å². The number of aliphatic imine (C=N–C) groups is 1. The van der Waals surface area contributed by atoms with Crippen molar-refractivity contribution in [2.45, 2.75) is 46.1 Å². The molecule has 0 aromatic heterocycles. The van der Waals surface area contributed by atoms with Crippen molar-refractivity contribution in [1.29, 1.82) is 0 Å². The summed E-state index contributed by atoms with van der Waals surface area (Å²) in [6.45, 7) is 8.42. The summed E-state index contributed by atoms with van der Waals surface area (Å²) in [6.07, 6.45) is 0. The van der Waals surface area contributed by atoms with Crippen LogP contribution in [-0.2, 0) is 24.4 Å². The number of ether oxygens (including phenoxy) is 3. The van der Waals surface area contributed by atoms with Gasteiger partial charge in [-0.2, -0.15) is 0 Å². The van der Waals surface area contributed by atoms with Crippen LogP contribution in [0.25, 0.3) is 0 Å². The van der Waals surface area contributed by atoms with Crippen LogP contribution in [-0.4, -0.2) is 25.4 Å². The predicted molar refractivity (Wildman–Crippen MR) is 111 cm³/mol. The first-order valence-electron chi connectivity index (χ1n) is 9.48. The maximum Gasteiger partial charge on any atom is 0.231 e. The van der Waals surface area contributed by atoms with Crippen molar-refractivity contribution in [3.8, 4) is 11.5 Å². The second-order valence-corrected chi connectivity index (χ2v) is 7.69. The first-order chi connectivity index (χ1) is 13.4. The van der Waals surface area contributed by atoms with E-state index in [0.717, 1.165) is 28.6 Å². The lowest BCUT2D eigenvalue weighted by Crippen LogP contribution is -2.36. The van der Waals surface area contributed by atoms with E-state index in [1.54, 1.807) is 7.05 Å². The van der Waals surface area contributed by atoms with Crippen molar-refractivity contribution in [1.82, 2.24) is 10.6 Å². The summed E-state index contributed by atoms with van der Waals surface area (Å²) in [5.74, 6) is 2.33. The Morgan fingerprint density at radius 1 is 0.964 bits per heavy atom. The Morgan fingerprint density at radius 2 is 1.64 bits per heavy atom. The van der Waals surface area contributed by atoms with Gasteiger partial charge in [0.1, 0.15) is 0 Å². The lowest BCUT2D eigenvalue weighted by atomic mass is 10.1. The van der Waals surface area contributed by atoms with Crippen LogP contribution in [0.2, 0.25) is 0 Å². The smallest absolute Gasteiger partial charge is 0.231 e. The molecular weight excluding hydrogens is 354 g/mol. The number of hydrogen-bond acceptors (Lipinski definition) is 4. The Bertz CT molecular complexity index is 828. The van der Waals surface area contributed by atoms with Crippen LogP contribution in [0, 0.1) is 0 Å². The second kappa shape index (κ2) is 8.97. The fraction of sp³-hybridized carbons (Fsp3) is 0.409. The molecule has 0 radical (unpaired) electrons. The molecule has 1 heterocycles. The minimum Gasteiger partial charge on any atom is -0.454 e. The van der Waals surface area contributed by atoms with Crippen molar-refractivity contribution in [3.05, 3.63) is 59.2 Å². The van der Waals surface area contributed by atoms with Crippen molar-refractivity contribution in [2.75, 3.05) is 13.8 Å². The fourth-order valence-corrected chi connectivity index (χ4v) is 2.77. The third-order valence-electron chi connectivity index (χ3n) is 4.24. The Labute approximate surface area is 166 Å². The first kappa shape index (κ1) is 20.0. The highest BCUT2D eigenvalue weighted by Gasteiger charge is 2.13. The zero-order chi connectivity index (χ0) is 20.0. The van der Waals surface area contributed by atoms with E-state index in [2.05, 4.69) is 60.7 Å². The molecule has 1 aliphatic heterocycles. The lowest BCUT2D eigenvalue weighted by Gasteiger charge is -2.19. The van der Waals surface area contributed by atoms with E-state index >= 15 is 0 Å². The van der Waals surface area contributed by atoms with Gasteiger partial charge in [-0.25, -0.2) is 0 Å². The topological polar surface area (TPSA) is 64.1 Å². The molecule has 0 unspecified atom stereocenters. The standard InChI is InChI=1S/C22H29N3O3/c1-22(2,3)28-14-18-7-5-6-16(10-18)12-24-21(23-4)25-13-17-8-9-19-20(11-17)27-15-26-19/h5-11H,12-15H2,1-4H3,(H2,23,24,25). The average Bonchev–Trinajstić information content (AvgIpc) is 3.14. The molecule has 2 N–H and O–H groups in total. The van der Waals surface area contributed by atoms with Crippen LogP contribution in [0.15, 0.2) is 47.5 Å². The van der Waals surface area contributed by atoms with Gasteiger partial charge in [0.25, 0.3) is 0 Å². The Morgan fingerprint density at radius 3 is 2.36 bits per heavy atom. The maximum atomic E-state index is 5.86. The molecule has 0 fully saturated rings. The molecule has 0 saturated heterocycles. The zero-order valence-corrected chi connectivity index (χ0v) is 17.0. The molecule has 0 aliphatic carbocycles. The molecule has 3 rings (SSSR count). The van der Waals surface area contributed by atoms with E-state index in [-0.39, 0.29) is 12.4 Å². The summed E-state index contributed by atoms with van der Waals surface area (Å²) in [4.78, 5) is 4.30. The molecule has 150 valence electrons. The minimum absolute atomic E-state index is 0.144. The molecule has 0 amide bonds. The summed E-state index contributed by atoms with van der Waals surface area (Å²) in [6, 6.07) is 14.3. The monoisotopic (exact) mass is 383 g/mol. The Balaban J connectivity index is 1.50. The molecule has 2 aromatic rings. The first-order valence-corrected chi connectivity index (χ1v) is 9.48. The van der Waals surface area contributed by atoms with Gasteiger partial charge in [0, 0.05) is 20.1 Å². The van der Waals surface area contributed by atoms with Gasteiger partial charge in [-0.15, -0.1) is 0 Å². The van der Waals surface area contributed by atoms with Crippen molar-refractivity contribution >= 4 is 5.96 Å². The SMILES string of the molecule is CN=C(NCc1cccc(COC(C)(C)C)c1)NCc1ccc2c(c1)OCO2. The zero-order valence-electron chi connectivity index (χ0n) is 17.0. The molecule has 0 spiro atoms. The van der Waals surface area contributed by atoms with Crippen molar-refractivity contribution in [3.63, 3.8) is 0 Å². The molecule has 6 heteroatoms. The van der Waals surface area contributed by atoms with Crippen molar-refractivity contribution in [2.24, 2.45) is 4.99 Å². The summed E-state index contributed by atoms with van der Waals surface area (Å²) >= 11 is 0. The van der Waals surface area contributed by atoms with Crippen LogP contribution in [0.1, 0.15) is 37.5 Å². The maximum absolute atomic E-state index is 5.86. The summed E-state index contributed by atoms with van der Waals surface area (Å²) in [7, 11) is 1.77. The highest BCUT2D eigenvalue weighted by atomic mass is 16.7. The fourth-order valence-electron chi connectivity index (χ4n) is 2.77. The van der Waals surface area contributed by atoms with Gasteiger partial charge in [-0.05, 0) is 49.6 Å². The average molecular weight is 383 g/mol. The van der Waals surface area contributed by atoms with Crippen LogP contribution < -0.4 is 20.1 Å². The van der Waals surface area contributed by atoms with Gasteiger partial charge in [0.15, 0.2) is 17.5 Å². The predicted octanol–water partition coefficient (Wildman–Crippen LogP) is 3.60. The van der Waals surface area contributed by atoms with Crippen LogP contribution in [0.5, 0.6) is 11.5 Å². The summed E-state index contributed by atoms with van der Waals surface area (Å²) in [5.41, 5.74) is 3.31. The Kier molecular flexibility index (Phi) is 6.41. The highest BCUT2D eigenvalue weighted by molar-refractivity contribution is 5.79. The van der Waals surface area contributed by atoms with Gasteiger partial charge in [0.05, 0.1) is 12.2 Å². The van der Waals surface area contributed by atoms with E-state index in [1.807, 2.05) is 18.2 Å². The quantitative estimate of drug-likeness (QED) is 0.589. The number of hydrogen-bond donors (Lipinski definition) is 2. The summed E-state index contributed by atoms with van der Waals surface area (Å²) in [5, 5.41) is 6.67. The number of fused-ring (bicyclic) bond motifs is 1. The van der Waals surface area contributed by atoms with E-state index in [0.29, 0.717) is 19.7 Å². The highest BCUT2D eigenvalue weighted by Crippen LogP contribution is 2.32. The van der Waals surface area contributed by atoms with Gasteiger partial charge in [0.2, 0.25) is 6.79 Å². The number of nitrogens with zero attached hydrogens (tertiary/aromatic N) is 1. The Hall–Kier alpha value is -2.73.